The Labute approximate surface area is 207 Å². The first-order valence-corrected chi connectivity index (χ1v) is 12.8. The van der Waals surface area contributed by atoms with Crippen LogP contribution >= 0.6 is 0 Å². The number of aliphatic hydroxyl groups excluding tert-OH is 1. The van der Waals surface area contributed by atoms with Crippen LogP contribution in [0.3, 0.4) is 0 Å². The highest BCUT2D eigenvalue weighted by Gasteiger charge is 2.31. The molecule has 0 amide bonds. The molecule has 2 aliphatic heterocycles. The molecule has 2 aliphatic rings. The molecule has 0 aromatic heterocycles. The topological polar surface area (TPSA) is 99.1 Å². The highest BCUT2D eigenvalue weighted by molar-refractivity contribution is 7.86. The molecule has 2 aromatic rings. The van der Waals surface area contributed by atoms with Crippen molar-refractivity contribution in [2.75, 3.05) is 37.6 Å². The number of carbonyl (C=O) groups is 1. The van der Waals surface area contributed by atoms with Gasteiger partial charge < -0.3 is 19.7 Å². The Morgan fingerprint density at radius 3 is 2.86 bits per heavy atom. The summed E-state index contributed by atoms with van der Waals surface area (Å²) in [6.45, 7) is 6.98. The second-order valence-corrected chi connectivity index (χ2v) is 11.1. The quantitative estimate of drug-likeness (QED) is 0.506. The van der Waals surface area contributed by atoms with Gasteiger partial charge in [-0.25, -0.2) is 13.4 Å². The summed E-state index contributed by atoms with van der Waals surface area (Å²) in [5, 5.41) is 19.2. The lowest BCUT2D eigenvalue weighted by Crippen LogP contribution is -2.30. The Balaban J connectivity index is 1.56. The zero-order valence-corrected chi connectivity index (χ0v) is 20.7. The molecule has 2 aromatic carbocycles. The molecule has 35 heavy (non-hydrogen) atoms. The number of carboxylic acids is 1. The lowest BCUT2D eigenvalue weighted by molar-refractivity contribution is 0.0686. The third-order valence-corrected chi connectivity index (χ3v) is 7.57. The van der Waals surface area contributed by atoms with Crippen LogP contribution in [0.1, 0.15) is 41.8 Å². The number of rotatable bonds is 8. The maximum atomic E-state index is 14.0. The third kappa shape index (κ3) is 5.91. The molecular formula is C26H31FN2O5S. The number of likely N-dealkylation sites (tertiary alicyclic amines) is 1. The average Bonchev–Trinajstić information content (AvgIpc) is 3.26. The monoisotopic (exact) mass is 502 g/mol. The van der Waals surface area contributed by atoms with E-state index in [4.69, 9.17) is 4.74 Å². The standard InChI is InChI=1S/C26H31FN2O5S/c1-26(2)13-19-5-7-21(23(25(31)32)24(19)34-16-26)28-35(33)22-8-6-20(27)12-18(22)4-3-10-29-11-9-17(14-29)15-30/h3-8,12,17,28,30H,9-11,13-16H2,1-2H3,(H,31,32). The van der Waals surface area contributed by atoms with E-state index < -0.39 is 22.8 Å². The van der Waals surface area contributed by atoms with Crippen molar-refractivity contribution >= 4 is 28.7 Å². The van der Waals surface area contributed by atoms with Crippen LogP contribution in [0.2, 0.25) is 0 Å². The van der Waals surface area contributed by atoms with Gasteiger partial charge in [-0.1, -0.05) is 32.1 Å². The molecule has 0 saturated carbocycles. The molecule has 2 atom stereocenters. The molecule has 1 fully saturated rings. The fourth-order valence-electron chi connectivity index (χ4n) is 4.59. The fraction of sp³-hybridized carbons (Fsp3) is 0.423. The zero-order valence-electron chi connectivity index (χ0n) is 19.9. The van der Waals surface area contributed by atoms with E-state index in [0.717, 1.165) is 25.1 Å². The predicted molar refractivity (Wildman–Crippen MR) is 133 cm³/mol. The molecule has 0 aliphatic carbocycles. The molecule has 9 heteroatoms. The zero-order chi connectivity index (χ0) is 25.2. The summed E-state index contributed by atoms with van der Waals surface area (Å²) in [5.41, 5.74) is 1.26. The molecule has 0 spiro atoms. The molecular weight excluding hydrogens is 471 g/mol. The van der Waals surface area contributed by atoms with Crippen molar-refractivity contribution in [1.29, 1.82) is 0 Å². The molecule has 1 saturated heterocycles. The van der Waals surface area contributed by atoms with E-state index in [0.29, 0.717) is 35.8 Å². The van der Waals surface area contributed by atoms with Crippen LogP contribution in [-0.4, -0.2) is 58.1 Å². The highest BCUT2D eigenvalue weighted by atomic mass is 32.2. The van der Waals surface area contributed by atoms with Gasteiger partial charge in [0, 0.05) is 25.1 Å². The second-order valence-electron chi connectivity index (χ2n) is 9.96. The number of carboxylic acid groups (broad SMARTS) is 1. The van der Waals surface area contributed by atoms with Crippen LogP contribution in [0.15, 0.2) is 41.3 Å². The van der Waals surface area contributed by atoms with Crippen LogP contribution in [0.5, 0.6) is 5.75 Å². The van der Waals surface area contributed by atoms with Gasteiger partial charge in [0.1, 0.15) is 17.1 Å². The maximum absolute atomic E-state index is 14.0. The number of hydrogen-bond acceptors (Lipinski definition) is 5. The van der Waals surface area contributed by atoms with E-state index in [-0.39, 0.29) is 29.2 Å². The summed E-state index contributed by atoms with van der Waals surface area (Å²) in [4.78, 5) is 14.6. The Kier molecular flexibility index (Phi) is 7.59. The molecule has 2 heterocycles. The number of aromatic carboxylic acids is 1. The van der Waals surface area contributed by atoms with Gasteiger partial charge in [-0.2, -0.15) is 0 Å². The number of anilines is 1. The maximum Gasteiger partial charge on any atom is 0.341 e. The third-order valence-electron chi connectivity index (χ3n) is 6.39. The average molecular weight is 503 g/mol. The van der Waals surface area contributed by atoms with Crippen molar-refractivity contribution < 1.29 is 28.3 Å². The summed E-state index contributed by atoms with van der Waals surface area (Å²) in [6, 6.07) is 7.38. The lowest BCUT2D eigenvalue weighted by Gasteiger charge is -2.32. The largest absolute Gasteiger partial charge is 0.492 e. The predicted octanol–water partition coefficient (Wildman–Crippen LogP) is 3.95. The number of nitrogens with one attached hydrogen (secondary N) is 1. The summed E-state index contributed by atoms with van der Waals surface area (Å²) in [7, 11) is -1.84. The van der Waals surface area contributed by atoms with Crippen molar-refractivity contribution in [1.82, 2.24) is 4.90 Å². The first-order valence-electron chi connectivity index (χ1n) is 11.7. The Bertz CT molecular complexity index is 1170. The summed E-state index contributed by atoms with van der Waals surface area (Å²) in [6.07, 6.45) is 5.22. The SMILES string of the molecule is CC1(C)COc2c(ccc(NS(=O)c3ccc(F)cc3C=CCN3CCC(CO)C3)c2C(=O)O)C1. The van der Waals surface area contributed by atoms with Gasteiger partial charge >= 0.3 is 5.97 Å². The first-order chi connectivity index (χ1) is 16.7. The molecule has 188 valence electrons. The number of halogens is 1. The van der Waals surface area contributed by atoms with Crippen molar-refractivity contribution in [2.24, 2.45) is 11.3 Å². The van der Waals surface area contributed by atoms with Gasteiger partial charge in [0.25, 0.3) is 0 Å². The Morgan fingerprint density at radius 2 is 2.14 bits per heavy atom. The Morgan fingerprint density at radius 1 is 1.34 bits per heavy atom. The summed E-state index contributed by atoms with van der Waals surface area (Å²) < 4.78 is 35.9. The molecule has 7 nitrogen and oxygen atoms in total. The lowest BCUT2D eigenvalue weighted by atomic mass is 9.83. The van der Waals surface area contributed by atoms with Crippen molar-refractivity contribution in [3.63, 3.8) is 0 Å². The summed E-state index contributed by atoms with van der Waals surface area (Å²) >= 11 is 0. The molecule has 0 radical (unpaired) electrons. The Hall–Kier alpha value is -2.75. The van der Waals surface area contributed by atoms with Crippen molar-refractivity contribution in [2.45, 2.75) is 31.6 Å². The molecule has 2 unspecified atom stereocenters. The first kappa shape index (κ1) is 25.3. The molecule has 3 N–H and O–H groups in total. The van der Waals surface area contributed by atoms with E-state index in [2.05, 4.69) is 23.5 Å². The van der Waals surface area contributed by atoms with Crippen LogP contribution in [0, 0.1) is 17.2 Å². The van der Waals surface area contributed by atoms with Gasteiger partial charge in [-0.15, -0.1) is 0 Å². The van der Waals surface area contributed by atoms with Gasteiger partial charge in [0.15, 0.2) is 11.0 Å². The van der Waals surface area contributed by atoms with Crippen LogP contribution in [0.4, 0.5) is 10.1 Å². The second kappa shape index (κ2) is 10.5. The number of benzene rings is 2. The van der Waals surface area contributed by atoms with E-state index >= 15 is 0 Å². The van der Waals surface area contributed by atoms with Crippen molar-refractivity contribution in [3.8, 4) is 5.75 Å². The molecule has 0 bridgehead atoms. The number of ether oxygens (including phenoxy) is 1. The van der Waals surface area contributed by atoms with Crippen molar-refractivity contribution in [3.05, 3.63) is 58.9 Å². The fourth-order valence-corrected chi connectivity index (χ4v) is 5.60. The van der Waals surface area contributed by atoms with Crippen LogP contribution in [-0.2, 0) is 17.4 Å². The molecule has 4 rings (SSSR count). The van der Waals surface area contributed by atoms with E-state index in [1.807, 2.05) is 6.08 Å². The number of hydrogen-bond donors (Lipinski definition) is 3. The van der Waals surface area contributed by atoms with E-state index in [1.165, 1.54) is 18.2 Å². The minimum absolute atomic E-state index is 0.0574. The van der Waals surface area contributed by atoms with Crippen LogP contribution in [0.25, 0.3) is 6.08 Å². The number of fused-ring (bicyclic) bond motifs is 1. The van der Waals surface area contributed by atoms with Gasteiger partial charge in [-0.05, 0) is 60.7 Å². The van der Waals surface area contributed by atoms with Gasteiger partial charge in [-0.3, -0.25) is 4.90 Å². The van der Waals surface area contributed by atoms with E-state index in [9.17, 15) is 23.6 Å². The highest BCUT2D eigenvalue weighted by Crippen LogP contribution is 2.40. The smallest absolute Gasteiger partial charge is 0.341 e. The van der Waals surface area contributed by atoms with E-state index in [1.54, 1.807) is 18.2 Å². The normalized spacial score (nSPS) is 20.4. The minimum atomic E-state index is -1.84. The van der Waals surface area contributed by atoms with Crippen LogP contribution < -0.4 is 9.46 Å². The van der Waals surface area contributed by atoms with Gasteiger partial charge in [0.2, 0.25) is 0 Å². The number of aliphatic hydroxyl groups is 1. The summed E-state index contributed by atoms with van der Waals surface area (Å²) in [5.74, 6) is -1.06. The van der Waals surface area contributed by atoms with Gasteiger partial charge in [0.05, 0.1) is 17.2 Å². The number of nitrogens with zero attached hydrogens (tertiary/aromatic N) is 1. The minimum Gasteiger partial charge on any atom is -0.492 e.